The molecular formula is C13H18Cl3NO2S. The van der Waals surface area contributed by atoms with E-state index < -0.39 is 10.0 Å². The molecule has 1 rings (SSSR count). The summed E-state index contributed by atoms with van der Waals surface area (Å²) in [5.74, 6) is 0.108. The highest BCUT2D eigenvalue weighted by Crippen LogP contribution is 2.33. The molecule has 0 fully saturated rings. The van der Waals surface area contributed by atoms with Crippen LogP contribution in [-0.4, -0.2) is 25.8 Å². The van der Waals surface area contributed by atoms with Crippen LogP contribution in [0.3, 0.4) is 0 Å². The molecule has 7 heteroatoms. The van der Waals surface area contributed by atoms with E-state index in [4.69, 9.17) is 34.8 Å². The molecule has 0 saturated heterocycles. The Morgan fingerprint density at radius 1 is 1.20 bits per heavy atom. The van der Waals surface area contributed by atoms with Crippen LogP contribution in [0.4, 0.5) is 0 Å². The maximum atomic E-state index is 12.7. The Morgan fingerprint density at radius 2 is 1.75 bits per heavy atom. The molecular weight excluding hydrogens is 341 g/mol. The van der Waals surface area contributed by atoms with Crippen molar-refractivity contribution < 1.29 is 8.42 Å². The summed E-state index contributed by atoms with van der Waals surface area (Å²) >= 11 is 17.9. The number of hydrogen-bond acceptors (Lipinski definition) is 2. The molecule has 0 bridgehead atoms. The van der Waals surface area contributed by atoms with Crippen molar-refractivity contribution in [3.05, 3.63) is 27.7 Å². The molecule has 0 aliphatic heterocycles. The normalized spacial score (nSPS) is 12.4. The molecule has 0 saturated carbocycles. The second-order valence-electron chi connectivity index (χ2n) is 4.50. The smallest absolute Gasteiger partial charge is 0.207 e. The number of alkyl halides is 1. The molecule has 0 aliphatic carbocycles. The predicted octanol–water partition coefficient (Wildman–Crippen LogP) is 4.54. The van der Waals surface area contributed by atoms with Gasteiger partial charge in [0.15, 0.2) is 0 Å². The monoisotopic (exact) mass is 357 g/mol. The molecule has 3 nitrogen and oxygen atoms in total. The van der Waals surface area contributed by atoms with Crippen LogP contribution in [0.2, 0.25) is 10.0 Å². The molecule has 0 aliphatic rings. The highest BCUT2D eigenvalue weighted by Gasteiger charge is 2.29. The fourth-order valence-corrected chi connectivity index (χ4v) is 4.75. The summed E-state index contributed by atoms with van der Waals surface area (Å²) in [5, 5.41) is 0.448. The lowest BCUT2D eigenvalue weighted by Gasteiger charge is -2.26. The molecule has 0 N–H and O–H groups in total. The Hall–Kier alpha value is -0.000000000000000111. The number of halogens is 3. The first-order valence-electron chi connectivity index (χ1n) is 6.31. The Kier molecular flexibility index (Phi) is 6.61. The van der Waals surface area contributed by atoms with Gasteiger partial charge in [-0.25, -0.2) is 8.42 Å². The van der Waals surface area contributed by atoms with E-state index in [-0.39, 0.29) is 21.8 Å². The third-order valence-electron chi connectivity index (χ3n) is 3.34. The van der Waals surface area contributed by atoms with Crippen molar-refractivity contribution in [1.29, 1.82) is 0 Å². The highest BCUT2D eigenvalue weighted by atomic mass is 35.5. The number of rotatable bonds is 6. The number of sulfonamides is 1. The average Bonchev–Trinajstić information content (AvgIpc) is 2.41. The van der Waals surface area contributed by atoms with Gasteiger partial charge in [0.25, 0.3) is 0 Å². The van der Waals surface area contributed by atoms with Crippen LogP contribution in [0.5, 0.6) is 0 Å². The number of nitrogens with zero attached hydrogens (tertiary/aromatic N) is 1. The Balaban J connectivity index is 3.39. The van der Waals surface area contributed by atoms with Gasteiger partial charge in [-0.1, -0.05) is 37.0 Å². The lowest BCUT2D eigenvalue weighted by Crippen LogP contribution is -2.36. The van der Waals surface area contributed by atoms with E-state index in [1.165, 1.54) is 10.4 Å². The number of benzene rings is 1. The first-order valence-corrected chi connectivity index (χ1v) is 9.04. The zero-order chi connectivity index (χ0) is 15.5. The van der Waals surface area contributed by atoms with Gasteiger partial charge in [0, 0.05) is 24.0 Å². The first-order chi connectivity index (χ1) is 9.29. The second kappa shape index (κ2) is 7.32. The van der Waals surface area contributed by atoms with E-state index in [1.54, 1.807) is 13.1 Å². The van der Waals surface area contributed by atoms with Crippen molar-refractivity contribution in [2.45, 2.75) is 43.5 Å². The van der Waals surface area contributed by atoms with Crippen molar-refractivity contribution in [2.24, 2.45) is 0 Å². The number of hydrogen-bond donors (Lipinski definition) is 0. The van der Waals surface area contributed by atoms with Gasteiger partial charge < -0.3 is 0 Å². The highest BCUT2D eigenvalue weighted by molar-refractivity contribution is 7.89. The molecule has 0 unspecified atom stereocenters. The Morgan fingerprint density at radius 3 is 2.20 bits per heavy atom. The lowest BCUT2D eigenvalue weighted by molar-refractivity contribution is 0.349. The van der Waals surface area contributed by atoms with Crippen molar-refractivity contribution >= 4 is 44.8 Å². The quantitative estimate of drug-likeness (QED) is 0.700. The molecule has 0 aromatic heterocycles. The van der Waals surface area contributed by atoms with Crippen molar-refractivity contribution in [1.82, 2.24) is 4.31 Å². The molecule has 0 heterocycles. The lowest BCUT2D eigenvalue weighted by atomic mass is 10.2. The zero-order valence-corrected chi connectivity index (χ0v) is 14.7. The summed E-state index contributed by atoms with van der Waals surface area (Å²) in [5.41, 5.74) is 0.511. The summed E-state index contributed by atoms with van der Waals surface area (Å²) < 4.78 is 26.7. The maximum Gasteiger partial charge on any atom is 0.244 e. The van der Waals surface area contributed by atoms with Crippen molar-refractivity contribution in [2.75, 3.05) is 7.05 Å². The van der Waals surface area contributed by atoms with E-state index >= 15 is 0 Å². The molecule has 114 valence electrons. The van der Waals surface area contributed by atoms with Crippen LogP contribution in [-0.2, 0) is 15.9 Å². The predicted molar refractivity (Wildman–Crippen MR) is 85.3 cm³/mol. The van der Waals surface area contributed by atoms with Crippen LogP contribution in [0, 0.1) is 0 Å². The molecule has 0 atom stereocenters. The van der Waals surface area contributed by atoms with Gasteiger partial charge in [-0.05, 0) is 30.5 Å². The van der Waals surface area contributed by atoms with Gasteiger partial charge in [-0.2, -0.15) is 4.31 Å². The zero-order valence-electron chi connectivity index (χ0n) is 11.7. The van der Waals surface area contributed by atoms with Crippen LogP contribution in [0.15, 0.2) is 17.0 Å². The molecule has 0 spiro atoms. The molecule has 20 heavy (non-hydrogen) atoms. The van der Waals surface area contributed by atoms with Crippen LogP contribution in [0.25, 0.3) is 0 Å². The van der Waals surface area contributed by atoms with Gasteiger partial charge in [-0.3, -0.25) is 0 Å². The summed E-state index contributed by atoms with van der Waals surface area (Å²) in [6, 6.07) is 2.87. The fourth-order valence-electron chi connectivity index (χ4n) is 2.06. The largest absolute Gasteiger partial charge is 0.244 e. The Labute approximate surface area is 135 Å². The van der Waals surface area contributed by atoms with Gasteiger partial charge >= 0.3 is 0 Å². The Bertz CT molecular complexity index is 571. The van der Waals surface area contributed by atoms with E-state index in [9.17, 15) is 8.42 Å². The standard InChI is InChI=1S/C13H18Cl3NO2S/c1-4-11(5-2)17(3)20(18,19)12-7-10(15)6-9(8-14)13(12)16/h6-7,11H,4-5,8H2,1-3H3. The maximum absolute atomic E-state index is 12.7. The molecule has 0 radical (unpaired) electrons. The van der Waals surface area contributed by atoms with Gasteiger partial charge in [0.2, 0.25) is 10.0 Å². The topological polar surface area (TPSA) is 37.4 Å². The van der Waals surface area contributed by atoms with Gasteiger partial charge in [0.1, 0.15) is 4.90 Å². The van der Waals surface area contributed by atoms with E-state index in [0.717, 1.165) is 12.8 Å². The van der Waals surface area contributed by atoms with Crippen LogP contribution >= 0.6 is 34.8 Å². The minimum absolute atomic E-state index is 0.0108. The minimum atomic E-state index is -3.69. The summed E-state index contributed by atoms with van der Waals surface area (Å²) in [4.78, 5) is 0.0108. The summed E-state index contributed by atoms with van der Waals surface area (Å²) in [6.07, 6.45) is 1.46. The van der Waals surface area contributed by atoms with Gasteiger partial charge in [0.05, 0.1) is 5.02 Å². The van der Waals surface area contributed by atoms with Crippen LogP contribution < -0.4 is 0 Å². The van der Waals surface area contributed by atoms with Crippen LogP contribution in [0.1, 0.15) is 32.3 Å². The van der Waals surface area contributed by atoms with E-state index in [0.29, 0.717) is 10.6 Å². The second-order valence-corrected chi connectivity index (χ2v) is 7.55. The van der Waals surface area contributed by atoms with Crippen molar-refractivity contribution in [3.8, 4) is 0 Å². The van der Waals surface area contributed by atoms with E-state index in [1.807, 2.05) is 13.8 Å². The first kappa shape index (κ1) is 18.1. The molecule has 1 aromatic carbocycles. The summed E-state index contributed by atoms with van der Waals surface area (Å²) in [7, 11) is -2.13. The molecule has 1 aromatic rings. The summed E-state index contributed by atoms with van der Waals surface area (Å²) in [6.45, 7) is 3.90. The average molecular weight is 359 g/mol. The fraction of sp³-hybridized carbons (Fsp3) is 0.538. The van der Waals surface area contributed by atoms with Gasteiger partial charge in [-0.15, -0.1) is 11.6 Å². The van der Waals surface area contributed by atoms with E-state index in [2.05, 4.69) is 0 Å². The molecule has 0 amide bonds. The van der Waals surface area contributed by atoms with Crippen molar-refractivity contribution in [3.63, 3.8) is 0 Å². The third kappa shape index (κ3) is 3.60. The SMILES string of the molecule is CCC(CC)N(C)S(=O)(=O)c1cc(Cl)cc(CCl)c1Cl. The minimum Gasteiger partial charge on any atom is -0.207 e. The third-order valence-corrected chi connectivity index (χ3v) is 6.34.